The third kappa shape index (κ3) is 2.78. The zero-order valence-electron chi connectivity index (χ0n) is 11.6. The Morgan fingerprint density at radius 2 is 2.05 bits per heavy atom. The van der Waals surface area contributed by atoms with Gasteiger partial charge in [-0.25, -0.2) is 0 Å². The summed E-state index contributed by atoms with van der Waals surface area (Å²) < 4.78 is 5.36. The van der Waals surface area contributed by atoms with Crippen LogP contribution >= 0.6 is 0 Å². The van der Waals surface area contributed by atoms with E-state index in [2.05, 4.69) is 19.9 Å². The molecule has 1 fully saturated rings. The molecule has 0 aliphatic heterocycles. The molecule has 0 bridgehead atoms. The summed E-state index contributed by atoms with van der Waals surface area (Å²) in [5, 5.41) is 9.27. The van der Waals surface area contributed by atoms with Crippen molar-refractivity contribution in [3.63, 3.8) is 0 Å². The number of benzene rings is 1. The topological polar surface area (TPSA) is 50.1 Å². The molecule has 0 N–H and O–H groups in total. The molecule has 2 rings (SSSR count). The van der Waals surface area contributed by atoms with Gasteiger partial charge in [-0.1, -0.05) is 26.0 Å². The van der Waals surface area contributed by atoms with Gasteiger partial charge in [-0.2, -0.15) is 5.26 Å². The summed E-state index contributed by atoms with van der Waals surface area (Å²) in [5.74, 6) is 0.199. The molecule has 0 saturated heterocycles. The molecular formula is C16H19NO2. The van der Waals surface area contributed by atoms with Gasteiger partial charge in [0, 0.05) is 5.92 Å². The fraction of sp³-hybridized carbons (Fsp3) is 0.500. The number of nitriles is 1. The van der Waals surface area contributed by atoms with E-state index in [9.17, 15) is 10.1 Å². The van der Waals surface area contributed by atoms with Crippen molar-refractivity contribution in [3.8, 4) is 11.8 Å². The predicted octanol–water partition coefficient (Wildman–Crippen LogP) is 3.31. The molecule has 1 aliphatic carbocycles. The average Bonchev–Trinajstić information content (AvgIpc) is 3.02. The Kier molecular flexibility index (Phi) is 3.61. The molecule has 1 aliphatic rings. The van der Waals surface area contributed by atoms with E-state index < -0.39 is 5.92 Å². The van der Waals surface area contributed by atoms with E-state index in [4.69, 9.17) is 4.74 Å². The van der Waals surface area contributed by atoms with E-state index in [-0.39, 0.29) is 17.1 Å². The second-order valence-electron chi connectivity index (χ2n) is 5.71. The van der Waals surface area contributed by atoms with Crippen LogP contribution in [0.4, 0.5) is 0 Å². The van der Waals surface area contributed by atoms with Gasteiger partial charge in [-0.05, 0) is 36.5 Å². The van der Waals surface area contributed by atoms with Crippen molar-refractivity contribution in [3.05, 3.63) is 29.8 Å². The maximum atomic E-state index is 12.3. The Morgan fingerprint density at radius 1 is 1.47 bits per heavy atom. The van der Waals surface area contributed by atoms with Crippen LogP contribution in [0.2, 0.25) is 0 Å². The number of carbonyl (C=O) groups excluding carboxylic acids is 1. The van der Waals surface area contributed by atoms with E-state index in [0.717, 1.165) is 17.7 Å². The Labute approximate surface area is 114 Å². The standard InChI is InChI=1S/C16H19NO2/c1-4-19-12-7-5-11(6-8-12)13(10-17)15(18)14-9-16(14,2)3/h5-8,13-14H,4,9H2,1-3H3. The van der Waals surface area contributed by atoms with Crippen molar-refractivity contribution in [2.75, 3.05) is 6.61 Å². The number of hydrogen-bond acceptors (Lipinski definition) is 3. The summed E-state index contributed by atoms with van der Waals surface area (Å²) in [6.45, 7) is 6.67. The van der Waals surface area contributed by atoms with Crippen LogP contribution in [-0.4, -0.2) is 12.4 Å². The molecule has 0 aromatic heterocycles. The first-order valence-electron chi connectivity index (χ1n) is 6.65. The molecule has 3 nitrogen and oxygen atoms in total. The molecule has 0 radical (unpaired) electrons. The molecule has 1 saturated carbocycles. The lowest BCUT2D eigenvalue weighted by molar-refractivity contribution is -0.121. The Hall–Kier alpha value is -1.82. The van der Waals surface area contributed by atoms with Crippen LogP contribution in [0.3, 0.4) is 0 Å². The highest BCUT2D eigenvalue weighted by molar-refractivity contribution is 5.93. The SMILES string of the molecule is CCOc1ccc(C(C#N)C(=O)C2CC2(C)C)cc1. The zero-order chi connectivity index (χ0) is 14.0. The molecular weight excluding hydrogens is 238 g/mol. The van der Waals surface area contributed by atoms with Crippen LogP contribution in [0.5, 0.6) is 5.75 Å². The number of hydrogen-bond donors (Lipinski definition) is 0. The van der Waals surface area contributed by atoms with Gasteiger partial charge in [0.15, 0.2) is 5.78 Å². The van der Waals surface area contributed by atoms with Crippen molar-refractivity contribution in [1.29, 1.82) is 5.26 Å². The van der Waals surface area contributed by atoms with Crippen molar-refractivity contribution in [2.45, 2.75) is 33.1 Å². The van der Waals surface area contributed by atoms with Gasteiger partial charge < -0.3 is 4.74 Å². The molecule has 0 amide bonds. The minimum absolute atomic E-state index is 0.0312. The van der Waals surface area contributed by atoms with Crippen LogP contribution < -0.4 is 4.74 Å². The molecule has 0 spiro atoms. The van der Waals surface area contributed by atoms with Crippen LogP contribution in [0.1, 0.15) is 38.7 Å². The van der Waals surface area contributed by atoms with E-state index >= 15 is 0 Å². The second-order valence-corrected chi connectivity index (χ2v) is 5.71. The van der Waals surface area contributed by atoms with Gasteiger partial charge in [-0.3, -0.25) is 4.79 Å². The summed E-state index contributed by atoms with van der Waals surface area (Å²) in [6, 6.07) is 9.39. The maximum absolute atomic E-state index is 12.3. The molecule has 100 valence electrons. The molecule has 3 heteroatoms. The van der Waals surface area contributed by atoms with E-state index in [1.54, 1.807) is 0 Å². The first kappa shape index (κ1) is 13.6. The van der Waals surface area contributed by atoms with Gasteiger partial charge in [0.05, 0.1) is 12.7 Å². The summed E-state index contributed by atoms with van der Waals surface area (Å²) in [6.07, 6.45) is 0.890. The van der Waals surface area contributed by atoms with Crippen LogP contribution in [0, 0.1) is 22.7 Å². The minimum atomic E-state index is -0.651. The monoisotopic (exact) mass is 257 g/mol. The number of ketones is 1. The van der Waals surface area contributed by atoms with Crippen LogP contribution in [0.25, 0.3) is 0 Å². The van der Waals surface area contributed by atoms with Gasteiger partial charge >= 0.3 is 0 Å². The van der Waals surface area contributed by atoms with E-state index in [1.165, 1.54) is 0 Å². The average molecular weight is 257 g/mol. The normalized spacial score (nSPS) is 21.3. The summed E-state index contributed by atoms with van der Waals surface area (Å²) in [5.41, 5.74) is 0.830. The van der Waals surface area contributed by atoms with E-state index in [1.807, 2.05) is 31.2 Å². The molecule has 1 aromatic rings. The molecule has 0 heterocycles. The lowest BCUT2D eigenvalue weighted by atomic mass is 9.91. The van der Waals surface area contributed by atoms with Gasteiger partial charge in [0.2, 0.25) is 0 Å². The van der Waals surface area contributed by atoms with Gasteiger partial charge in [0.1, 0.15) is 11.7 Å². The number of nitrogens with zero attached hydrogens (tertiary/aromatic N) is 1. The fourth-order valence-corrected chi connectivity index (χ4v) is 2.38. The Bertz CT molecular complexity index is 511. The summed E-state index contributed by atoms with van der Waals surface area (Å²) >= 11 is 0. The molecule has 2 unspecified atom stereocenters. The summed E-state index contributed by atoms with van der Waals surface area (Å²) in [7, 11) is 0. The number of Topliss-reactive ketones (excluding diaryl/α,β-unsaturated/α-hetero) is 1. The largest absolute Gasteiger partial charge is 0.494 e. The van der Waals surface area contributed by atoms with E-state index in [0.29, 0.717) is 6.61 Å². The van der Waals surface area contributed by atoms with Crippen molar-refractivity contribution >= 4 is 5.78 Å². The van der Waals surface area contributed by atoms with Crippen LogP contribution in [-0.2, 0) is 4.79 Å². The highest BCUT2D eigenvalue weighted by Gasteiger charge is 2.52. The smallest absolute Gasteiger partial charge is 0.158 e. The Morgan fingerprint density at radius 3 is 2.47 bits per heavy atom. The second kappa shape index (κ2) is 5.05. The van der Waals surface area contributed by atoms with Crippen molar-refractivity contribution in [1.82, 2.24) is 0 Å². The van der Waals surface area contributed by atoms with Crippen LogP contribution in [0.15, 0.2) is 24.3 Å². The highest BCUT2D eigenvalue weighted by atomic mass is 16.5. The summed E-state index contributed by atoms with van der Waals surface area (Å²) in [4.78, 5) is 12.3. The van der Waals surface area contributed by atoms with Crippen molar-refractivity contribution in [2.24, 2.45) is 11.3 Å². The number of ether oxygens (including phenoxy) is 1. The van der Waals surface area contributed by atoms with Gasteiger partial charge in [0.25, 0.3) is 0 Å². The molecule has 1 aromatic carbocycles. The lowest BCUT2D eigenvalue weighted by Gasteiger charge is -2.11. The first-order chi connectivity index (χ1) is 8.99. The number of rotatable bonds is 5. The first-order valence-corrected chi connectivity index (χ1v) is 6.65. The minimum Gasteiger partial charge on any atom is -0.494 e. The molecule has 2 atom stereocenters. The quantitative estimate of drug-likeness (QED) is 0.813. The zero-order valence-corrected chi connectivity index (χ0v) is 11.6. The fourth-order valence-electron chi connectivity index (χ4n) is 2.38. The predicted molar refractivity (Wildman–Crippen MR) is 72.9 cm³/mol. The number of carbonyl (C=O) groups is 1. The van der Waals surface area contributed by atoms with Gasteiger partial charge in [-0.15, -0.1) is 0 Å². The third-order valence-corrected chi connectivity index (χ3v) is 3.79. The maximum Gasteiger partial charge on any atom is 0.158 e. The molecule has 19 heavy (non-hydrogen) atoms. The highest BCUT2D eigenvalue weighted by Crippen LogP contribution is 2.53. The lowest BCUT2D eigenvalue weighted by Crippen LogP contribution is -2.15. The van der Waals surface area contributed by atoms with Crippen molar-refractivity contribution < 1.29 is 9.53 Å². The third-order valence-electron chi connectivity index (χ3n) is 3.79. The Balaban J connectivity index is 2.14.